The summed E-state index contributed by atoms with van der Waals surface area (Å²) in [6.45, 7) is 8.35. The van der Waals surface area contributed by atoms with Crippen molar-refractivity contribution in [1.82, 2.24) is 19.4 Å². The van der Waals surface area contributed by atoms with Gasteiger partial charge >= 0.3 is 0 Å². The molecule has 2 heterocycles. The van der Waals surface area contributed by atoms with Gasteiger partial charge in [-0.2, -0.15) is 0 Å². The van der Waals surface area contributed by atoms with Crippen LogP contribution in [0.25, 0.3) is 5.69 Å². The third-order valence-electron chi connectivity index (χ3n) is 4.83. The lowest BCUT2D eigenvalue weighted by Gasteiger charge is -2.34. The number of hydrogen-bond donors (Lipinski definition) is 0. The standard InChI is InChI=1S/C20H26N4O2S/c1-15(2)17-6-4-5-7-18(17)24-9-8-21-20(24)27-14-19(26)23-12-10-22(11-13-23)16(3)25/h4-9,15H,10-14H2,1-3H3. The predicted octanol–water partition coefficient (Wildman–Crippen LogP) is 2.78. The molecule has 0 spiro atoms. The van der Waals surface area contributed by atoms with Gasteiger partial charge in [-0.05, 0) is 17.5 Å². The van der Waals surface area contributed by atoms with Gasteiger partial charge in [-0.25, -0.2) is 4.98 Å². The Morgan fingerprint density at radius 1 is 1.11 bits per heavy atom. The topological polar surface area (TPSA) is 58.4 Å². The van der Waals surface area contributed by atoms with Crippen molar-refractivity contribution in [3.63, 3.8) is 0 Å². The minimum Gasteiger partial charge on any atom is -0.339 e. The molecule has 1 aliphatic heterocycles. The van der Waals surface area contributed by atoms with Crippen LogP contribution < -0.4 is 0 Å². The number of aromatic nitrogens is 2. The van der Waals surface area contributed by atoms with Gasteiger partial charge in [0.15, 0.2) is 5.16 Å². The van der Waals surface area contributed by atoms with Gasteiger partial charge in [0.05, 0.1) is 11.4 Å². The Hall–Kier alpha value is -2.28. The third-order valence-corrected chi connectivity index (χ3v) is 5.78. The number of nitrogens with zero attached hydrogens (tertiary/aromatic N) is 4. The molecule has 7 heteroatoms. The van der Waals surface area contributed by atoms with Crippen LogP contribution in [0.4, 0.5) is 0 Å². The van der Waals surface area contributed by atoms with Gasteiger partial charge in [-0.15, -0.1) is 0 Å². The lowest BCUT2D eigenvalue weighted by Crippen LogP contribution is -2.50. The van der Waals surface area contributed by atoms with E-state index in [0.717, 1.165) is 10.8 Å². The zero-order valence-electron chi connectivity index (χ0n) is 16.1. The summed E-state index contributed by atoms with van der Waals surface area (Å²) in [6.07, 6.45) is 3.72. The molecule has 0 aliphatic carbocycles. The molecule has 0 N–H and O–H groups in total. The average Bonchev–Trinajstić information content (AvgIpc) is 3.14. The van der Waals surface area contributed by atoms with Crippen LogP contribution >= 0.6 is 11.8 Å². The smallest absolute Gasteiger partial charge is 0.233 e. The Morgan fingerprint density at radius 3 is 2.44 bits per heavy atom. The Bertz CT molecular complexity index is 810. The van der Waals surface area contributed by atoms with Crippen LogP contribution in [-0.4, -0.2) is 63.1 Å². The van der Waals surface area contributed by atoms with Gasteiger partial charge in [0.1, 0.15) is 0 Å². The van der Waals surface area contributed by atoms with E-state index in [-0.39, 0.29) is 11.8 Å². The normalized spacial score (nSPS) is 14.7. The fourth-order valence-electron chi connectivity index (χ4n) is 3.26. The summed E-state index contributed by atoms with van der Waals surface area (Å²) in [6, 6.07) is 8.29. The predicted molar refractivity (Wildman–Crippen MR) is 107 cm³/mol. The number of imidazole rings is 1. The minimum absolute atomic E-state index is 0.0716. The summed E-state index contributed by atoms with van der Waals surface area (Å²) in [5.41, 5.74) is 2.36. The SMILES string of the molecule is CC(=O)N1CCN(C(=O)CSc2nccn2-c2ccccc2C(C)C)CC1. The Labute approximate surface area is 164 Å². The van der Waals surface area contributed by atoms with Crippen LogP contribution in [0, 0.1) is 0 Å². The zero-order valence-corrected chi connectivity index (χ0v) is 16.9. The van der Waals surface area contributed by atoms with Crippen molar-refractivity contribution in [2.75, 3.05) is 31.9 Å². The van der Waals surface area contributed by atoms with Gasteiger partial charge in [0, 0.05) is 45.5 Å². The van der Waals surface area contributed by atoms with Crippen LogP contribution in [0.5, 0.6) is 0 Å². The maximum Gasteiger partial charge on any atom is 0.233 e. The molecule has 1 saturated heterocycles. The van der Waals surface area contributed by atoms with Crippen molar-refractivity contribution < 1.29 is 9.59 Å². The second-order valence-corrected chi connectivity index (χ2v) is 7.91. The molecule has 0 saturated carbocycles. The largest absolute Gasteiger partial charge is 0.339 e. The fourth-order valence-corrected chi connectivity index (χ4v) is 4.13. The molecule has 0 radical (unpaired) electrons. The van der Waals surface area contributed by atoms with Gasteiger partial charge < -0.3 is 9.80 Å². The van der Waals surface area contributed by atoms with E-state index in [1.54, 1.807) is 18.0 Å². The molecule has 2 aromatic rings. The molecule has 0 unspecified atom stereocenters. The number of hydrogen-bond acceptors (Lipinski definition) is 4. The number of thioether (sulfide) groups is 1. The Kier molecular flexibility index (Phi) is 6.21. The van der Waals surface area contributed by atoms with Gasteiger partial charge in [0.25, 0.3) is 0 Å². The van der Waals surface area contributed by atoms with E-state index in [2.05, 4.69) is 35.5 Å². The molecule has 27 heavy (non-hydrogen) atoms. The molecule has 6 nitrogen and oxygen atoms in total. The summed E-state index contributed by atoms with van der Waals surface area (Å²) >= 11 is 1.46. The van der Waals surface area contributed by atoms with E-state index in [1.165, 1.54) is 17.3 Å². The molecule has 0 bridgehead atoms. The third kappa shape index (κ3) is 4.53. The van der Waals surface area contributed by atoms with Gasteiger partial charge in [-0.3, -0.25) is 14.2 Å². The highest BCUT2D eigenvalue weighted by Gasteiger charge is 2.23. The number of para-hydroxylation sites is 1. The summed E-state index contributed by atoms with van der Waals surface area (Å²) in [5, 5.41) is 0.818. The van der Waals surface area contributed by atoms with Crippen molar-refractivity contribution in [3.8, 4) is 5.69 Å². The molecule has 1 aromatic heterocycles. The molecule has 3 rings (SSSR count). The van der Waals surface area contributed by atoms with E-state index in [9.17, 15) is 9.59 Å². The highest BCUT2D eigenvalue weighted by molar-refractivity contribution is 7.99. The van der Waals surface area contributed by atoms with Crippen molar-refractivity contribution in [2.45, 2.75) is 31.8 Å². The van der Waals surface area contributed by atoms with Crippen molar-refractivity contribution in [2.24, 2.45) is 0 Å². The summed E-state index contributed by atoms with van der Waals surface area (Å²) < 4.78 is 2.06. The molecule has 2 amide bonds. The molecular weight excluding hydrogens is 360 g/mol. The first-order valence-electron chi connectivity index (χ1n) is 9.26. The number of piperazine rings is 1. The highest BCUT2D eigenvalue weighted by atomic mass is 32.2. The number of benzene rings is 1. The van der Waals surface area contributed by atoms with Gasteiger partial charge in [-0.1, -0.05) is 43.8 Å². The maximum atomic E-state index is 12.6. The second kappa shape index (κ2) is 8.61. The molecule has 1 aliphatic rings. The molecule has 0 atom stereocenters. The average molecular weight is 387 g/mol. The van der Waals surface area contributed by atoms with Gasteiger partial charge in [0.2, 0.25) is 11.8 Å². The maximum absolute atomic E-state index is 12.6. The van der Waals surface area contributed by atoms with Crippen LogP contribution in [0.3, 0.4) is 0 Å². The number of rotatable bonds is 5. The minimum atomic E-state index is 0.0716. The first kappa shape index (κ1) is 19.5. The monoisotopic (exact) mass is 386 g/mol. The van der Waals surface area contributed by atoms with E-state index in [1.807, 2.05) is 23.2 Å². The number of carbonyl (C=O) groups is 2. The van der Waals surface area contributed by atoms with Crippen LogP contribution in [0.1, 0.15) is 32.3 Å². The summed E-state index contributed by atoms with van der Waals surface area (Å²) in [5.74, 6) is 0.916. The lowest BCUT2D eigenvalue weighted by atomic mass is 10.0. The van der Waals surface area contributed by atoms with E-state index >= 15 is 0 Å². The molecule has 144 valence electrons. The first-order valence-corrected chi connectivity index (χ1v) is 10.2. The quantitative estimate of drug-likeness (QED) is 0.742. The van der Waals surface area contributed by atoms with Crippen LogP contribution in [-0.2, 0) is 9.59 Å². The first-order chi connectivity index (χ1) is 13.0. The van der Waals surface area contributed by atoms with Crippen molar-refractivity contribution in [3.05, 3.63) is 42.2 Å². The zero-order chi connectivity index (χ0) is 19.4. The second-order valence-electron chi connectivity index (χ2n) is 6.97. The molecule has 1 fully saturated rings. The Morgan fingerprint density at radius 2 is 1.78 bits per heavy atom. The summed E-state index contributed by atoms with van der Waals surface area (Å²) in [7, 11) is 0. The molecular formula is C20H26N4O2S. The van der Waals surface area contributed by atoms with Crippen LogP contribution in [0.15, 0.2) is 41.8 Å². The van der Waals surface area contributed by atoms with Crippen molar-refractivity contribution >= 4 is 23.6 Å². The van der Waals surface area contributed by atoms with Crippen molar-refractivity contribution in [1.29, 1.82) is 0 Å². The van der Waals surface area contributed by atoms with E-state index in [0.29, 0.717) is 37.8 Å². The van der Waals surface area contributed by atoms with Crippen LogP contribution in [0.2, 0.25) is 0 Å². The molecule has 1 aromatic carbocycles. The Balaban J connectivity index is 1.65. The highest BCUT2D eigenvalue weighted by Crippen LogP contribution is 2.27. The number of amides is 2. The summed E-state index contributed by atoms with van der Waals surface area (Å²) in [4.78, 5) is 32.0. The lowest BCUT2D eigenvalue weighted by molar-refractivity contribution is -0.136. The fraction of sp³-hybridized carbons (Fsp3) is 0.450. The van der Waals surface area contributed by atoms with E-state index in [4.69, 9.17) is 0 Å². The number of carbonyl (C=O) groups excluding carboxylic acids is 2. The van der Waals surface area contributed by atoms with E-state index < -0.39 is 0 Å².